The average Bonchev–Trinajstić information content (AvgIpc) is 3.20. The number of nitrogens with zero attached hydrogens (tertiary/aromatic N) is 1. The first-order valence-electron chi connectivity index (χ1n) is 11.0. The molecule has 3 aliphatic rings. The molecule has 2 amide bonds. The number of carbonyl (C=O) groups excluding carboxylic acids is 2. The number of thioether (sulfide) groups is 1. The number of hydrogen-bond acceptors (Lipinski definition) is 3. The van der Waals surface area contributed by atoms with Gasteiger partial charge in [-0.2, -0.15) is 0 Å². The maximum absolute atomic E-state index is 13.5. The number of carbonyl (C=O) groups is 2. The Morgan fingerprint density at radius 1 is 0.893 bits per heavy atom. The standard InChI is InChI=1S/C23H32N2O2S/c26-21(24-19-14-8-3-9-15-19)20-16-28-23(18-12-6-2-7-13-18)25(20)22(27)17-10-4-1-5-11-17/h2,6-7,12-13,17,19-20,23H,1,3-5,8-11,14-16H2,(H,24,26). The van der Waals surface area contributed by atoms with E-state index in [4.69, 9.17) is 0 Å². The molecular formula is C23H32N2O2S. The van der Waals surface area contributed by atoms with Gasteiger partial charge in [-0.05, 0) is 31.2 Å². The summed E-state index contributed by atoms with van der Waals surface area (Å²) in [6.45, 7) is 0. The number of benzene rings is 1. The Hall–Kier alpha value is -1.49. The molecule has 5 heteroatoms. The predicted octanol–water partition coefficient (Wildman–Crippen LogP) is 4.66. The van der Waals surface area contributed by atoms with Crippen LogP contribution >= 0.6 is 11.8 Å². The van der Waals surface area contributed by atoms with Crippen molar-refractivity contribution >= 4 is 23.6 Å². The van der Waals surface area contributed by atoms with Crippen LogP contribution in [-0.2, 0) is 9.59 Å². The van der Waals surface area contributed by atoms with Crippen molar-refractivity contribution in [3.8, 4) is 0 Å². The van der Waals surface area contributed by atoms with E-state index in [-0.39, 0.29) is 35.2 Å². The molecule has 4 nitrogen and oxygen atoms in total. The average molecular weight is 401 g/mol. The minimum Gasteiger partial charge on any atom is -0.352 e. The lowest BCUT2D eigenvalue weighted by molar-refractivity contribution is -0.144. The van der Waals surface area contributed by atoms with E-state index in [2.05, 4.69) is 17.4 Å². The zero-order valence-corrected chi connectivity index (χ0v) is 17.5. The SMILES string of the molecule is O=C(NC1CCCCC1)C1CSC(c2ccccc2)N1C(=O)C1CCCCC1. The van der Waals surface area contributed by atoms with Gasteiger partial charge in [-0.1, -0.05) is 68.9 Å². The van der Waals surface area contributed by atoms with Crippen molar-refractivity contribution in [1.29, 1.82) is 0 Å². The first-order valence-corrected chi connectivity index (χ1v) is 12.1. The van der Waals surface area contributed by atoms with Crippen molar-refractivity contribution < 1.29 is 9.59 Å². The highest BCUT2D eigenvalue weighted by Gasteiger charge is 2.44. The maximum atomic E-state index is 13.5. The highest BCUT2D eigenvalue weighted by molar-refractivity contribution is 7.99. The maximum Gasteiger partial charge on any atom is 0.243 e. The molecule has 2 saturated carbocycles. The van der Waals surface area contributed by atoms with Crippen LogP contribution in [0.25, 0.3) is 0 Å². The van der Waals surface area contributed by atoms with E-state index in [1.54, 1.807) is 11.8 Å². The summed E-state index contributed by atoms with van der Waals surface area (Å²) in [5.74, 6) is 1.03. The zero-order chi connectivity index (χ0) is 19.3. The van der Waals surface area contributed by atoms with Crippen molar-refractivity contribution in [3.05, 3.63) is 35.9 Å². The lowest BCUT2D eigenvalue weighted by atomic mass is 9.87. The number of rotatable bonds is 4. The fourth-order valence-corrected chi connectivity index (χ4v) is 6.39. The second-order valence-corrected chi connectivity index (χ2v) is 9.65. The molecule has 152 valence electrons. The Morgan fingerprint density at radius 2 is 1.54 bits per heavy atom. The van der Waals surface area contributed by atoms with Crippen LogP contribution in [0.3, 0.4) is 0 Å². The Bertz CT molecular complexity index is 668. The third-order valence-electron chi connectivity index (χ3n) is 6.55. The molecule has 1 saturated heterocycles. The molecule has 3 fully saturated rings. The van der Waals surface area contributed by atoms with Gasteiger partial charge in [0.15, 0.2) is 0 Å². The van der Waals surface area contributed by atoms with Crippen LogP contribution in [0.1, 0.15) is 75.1 Å². The summed E-state index contributed by atoms with van der Waals surface area (Å²) in [5, 5.41) is 3.23. The Morgan fingerprint density at radius 3 is 2.21 bits per heavy atom. The Balaban J connectivity index is 1.53. The Kier molecular flexibility index (Phi) is 6.61. The van der Waals surface area contributed by atoms with Gasteiger partial charge in [-0.25, -0.2) is 0 Å². The van der Waals surface area contributed by atoms with Gasteiger partial charge in [0, 0.05) is 17.7 Å². The summed E-state index contributed by atoms with van der Waals surface area (Å²) >= 11 is 1.74. The highest BCUT2D eigenvalue weighted by atomic mass is 32.2. The minimum absolute atomic E-state index is 0.0438. The lowest BCUT2D eigenvalue weighted by Crippen LogP contribution is -2.52. The number of nitrogens with one attached hydrogen (secondary N) is 1. The van der Waals surface area contributed by atoms with Crippen LogP contribution in [0.4, 0.5) is 0 Å². The van der Waals surface area contributed by atoms with Gasteiger partial charge >= 0.3 is 0 Å². The van der Waals surface area contributed by atoms with Crippen molar-refractivity contribution in [3.63, 3.8) is 0 Å². The molecule has 2 unspecified atom stereocenters. The van der Waals surface area contributed by atoms with Crippen LogP contribution in [0.2, 0.25) is 0 Å². The second-order valence-electron chi connectivity index (χ2n) is 8.54. The van der Waals surface area contributed by atoms with E-state index in [0.29, 0.717) is 5.75 Å². The summed E-state index contributed by atoms with van der Waals surface area (Å²) in [5.41, 5.74) is 1.13. The van der Waals surface area contributed by atoms with Gasteiger partial charge < -0.3 is 10.2 Å². The van der Waals surface area contributed by atoms with Gasteiger partial charge in [0.25, 0.3) is 0 Å². The van der Waals surface area contributed by atoms with Crippen LogP contribution < -0.4 is 5.32 Å². The van der Waals surface area contributed by atoms with Crippen LogP contribution in [-0.4, -0.2) is 34.6 Å². The van der Waals surface area contributed by atoms with Crippen molar-refractivity contribution in [2.24, 2.45) is 5.92 Å². The molecule has 4 rings (SSSR count). The van der Waals surface area contributed by atoms with Gasteiger partial charge in [-0.15, -0.1) is 11.8 Å². The van der Waals surface area contributed by atoms with Gasteiger partial charge in [0.05, 0.1) is 0 Å². The van der Waals surface area contributed by atoms with E-state index in [1.807, 2.05) is 23.1 Å². The molecule has 1 heterocycles. The molecule has 2 aliphatic carbocycles. The molecule has 28 heavy (non-hydrogen) atoms. The van der Waals surface area contributed by atoms with Gasteiger partial charge in [0.2, 0.25) is 11.8 Å². The van der Waals surface area contributed by atoms with Crippen LogP contribution in [0, 0.1) is 5.92 Å². The van der Waals surface area contributed by atoms with Gasteiger partial charge in [-0.3, -0.25) is 9.59 Å². The van der Waals surface area contributed by atoms with Crippen LogP contribution in [0.15, 0.2) is 30.3 Å². The van der Waals surface area contributed by atoms with E-state index in [0.717, 1.165) is 44.1 Å². The molecule has 0 radical (unpaired) electrons. The van der Waals surface area contributed by atoms with Crippen LogP contribution in [0.5, 0.6) is 0 Å². The van der Waals surface area contributed by atoms with E-state index < -0.39 is 0 Å². The van der Waals surface area contributed by atoms with Crippen molar-refractivity contribution in [2.45, 2.75) is 81.7 Å². The quantitative estimate of drug-likeness (QED) is 0.800. The Labute approximate surface area is 172 Å². The van der Waals surface area contributed by atoms with Crippen molar-refractivity contribution in [2.75, 3.05) is 5.75 Å². The topological polar surface area (TPSA) is 49.4 Å². The molecule has 0 spiro atoms. The summed E-state index contributed by atoms with van der Waals surface area (Å²) in [6.07, 6.45) is 11.2. The predicted molar refractivity (Wildman–Crippen MR) is 114 cm³/mol. The van der Waals surface area contributed by atoms with Crippen molar-refractivity contribution in [1.82, 2.24) is 10.2 Å². The number of amides is 2. The normalized spacial score (nSPS) is 26.9. The lowest BCUT2D eigenvalue weighted by Gasteiger charge is -2.34. The molecule has 1 N–H and O–H groups in total. The summed E-state index contributed by atoms with van der Waals surface area (Å²) in [7, 11) is 0. The van der Waals surface area contributed by atoms with Gasteiger partial charge in [0.1, 0.15) is 11.4 Å². The monoisotopic (exact) mass is 400 g/mol. The highest BCUT2D eigenvalue weighted by Crippen LogP contribution is 2.43. The minimum atomic E-state index is -0.341. The first-order chi connectivity index (χ1) is 13.7. The molecule has 0 bridgehead atoms. The van der Waals surface area contributed by atoms with E-state index in [1.165, 1.54) is 25.7 Å². The summed E-state index contributed by atoms with van der Waals surface area (Å²) in [6, 6.07) is 10.2. The molecule has 1 aromatic rings. The largest absolute Gasteiger partial charge is 0.352 e. The molecular weight excluding hydrogens is 368 g/mol. The molecule has 1 aromatic carbocycles. The van der Waals surface area contributed by atoms with E-state index in [9.17, 15) is 9.59 Å². The zero-order valence-electron chi connectivity index (χ0n) is 16.6. The first kappa shape index (κ1) is 19.8. The summed E-state index contributed by atoms with van der Waals surface area (Å²) in [4.78, 5) is 28.6. The molecule has 0 aromatic heterocycles. The summed E-state index contributed by atoms with van der Waals surface area (Å²) < 4.78 is 0. The fraction of sp³-hybridized carbons (Fsp3) is 0.652. The number of hydrogen-bond donors (Lipinski definition) is 1. The van der Waals surface area contributed by atoms with E-state index >= 15 is 0 Å². The third-order valence-corrected chi connectivity index (χ3v) is 7.87. The third kappa shape index (κ3) is 4.40. The molecule has 1 aliphatic heterocycles. The molecule has 2 atom stereocenters. The smallest absolute Gasteiger partial charge is 0.243 e. The fourth-order valence-electron chi connectivity index (χ4n) is 4.96. The second kappa shape index (κ2) is 9.34.